The molecule has 0 spiro atoms. The molecule has 4 nitrogen and oxygen atoms in total. The first kappa shape index (κ1) is 17.8. The molecule has 0 saturated carbocycles. The van der Waals surface area contributed by atoms with Crippen LogP contribution in [0.25, 0.3) is 0 Å². The summed E-state index contributed by atoms with van der Waals surface area (Å²) in [4.78, 5) is 12.5. The lowest BCUT2D eigenvalue weighted by Crippen LogP contribution is -2.30. The van der Waals surface area contributed by atoms with Crippen molar-refractivity contribution in [2.75, 3.05) is 0 Å². The first-order valence-electron chi connectivity index (χ1n) is 8.86. The maximum Gasteiger partial charge on any atom is 0.251 e. The van der Waals surface area contributed by atoms with Gasteiger partial charge >= 0.3 is 0 Å². The Kier molecular flexibility index (Phi) is 5.74. The molecule has 0 saturated heterocycles. The molecule has 0 fully saturated rings. The summed E-state index contributed by atoms with van der Waals surface area (Å²) < 4.78 is 0. The van der Waals surface area contributed by atoms with E-state index in [-0.39, 0.29) is 17.6 Å². The molecule has 1 unspecified atom stereocenters. The number of amides is 1. The van der Waals surface area contributed by atoms with Crippen LogP contribution in [0.5, 0.6) is 0 Å². The SMILES string of the molecule is CC1C=C(NCc2ccccc2)CC(O)=C1C(=O)NCc1ccccc1. The lowest BCUT2D eigenvalue weighted by Gasteiger charge is -2.23. The van der Waals surface area contributed by atoms with E-state index >= 15 is 0 Å². The van der Waals surface area contributed by atoms with Crippen LogP contribution in [0.3, 0.4) is 0 Å². The van der Waals surface area contributed by atoms with Crippen LogP contribution in [0.4, 0.5) is 0 Å². The quantitative estimate of drug-likeness (QED) is 0.743. The van der Waals surface area contributed by atoms with E-state index in [4.69, 9.17) is 0 Å². The molecule has 0 radical (unpaired) electrons. The van der Waals surface area contributed by atoms with E-state index in [0.29, 0.717) is 25.1 Å². The molecule has 0 heterocycles. The standard InChI is InChI=1S/C22H24N2O2/c1-16-12-19(23-14-17-8-4-2-5-9-17)13-20(25)21(16)22(26)24-15-18-10-6-3-7-11-18/h2-12,16,23,25H,13-15H2,1H3,(H,24,26). The molecule has 2 aromatic rings. The van der Waals surface area contributed by atoms with Gasteiger partial charge in [0, 0.05) is 31.1 Å². The summed E-state index contributed by atoms with van der Waals surface area (Å²) in [6, 6.07) is 19.8. The minimum atomic E-state index is -0.211. The lowest BCUT2D eigenvalue weighted by atomic mass is 9.91. The predicted molar refractivity (Wildman–Crippen MR) is 103 cm³/mol. The van der Waals surface area contributed by atoms with Gasteiger partial charge < -0.3 is 15.7 Å². The Morgan fingerprint density at radius 1 is 1.00 bits per heavy atom. The highest BCUT2D eigenvalue weighted by Crippen LogP contribution is 2.27. The molecule has 26 heavy (non-hydrogen) atoms. The van der Waals surface area contributed by atoms with Crippen LogP contribution in [-0.4, -0.2) is 11.0 Å². The second-order valence-electron chi connectivity index (χ2n) is 6.53. The van der Waals surface area contributed by atoms with Crippen molar-refractivity contribution in [1.82, 2.24) is 10.6 Å². The van der Waals surface area contributed by atoms with Gasteiger partial charge in [0.15, 0.2) is 0 Å². The van der Waals surface area contributed by atoms with Gasteiger partial charge in [-0.2, -0.15) is 0 Å². The third kappa shape index (κ3) is 4.54. The predicted octanol–water partition coefficient (Wildman–Crippen LogP) is 3.83. The molecule has 1 atom stereocenters. The van der Waals surface area contributed by atoms with Gasteiger partial charge in [-0.25, -0.2) is 0 Å². The Morgan fingerprint density at radius 2 is 1.58 bits per heavy atom. The molecule has 1 aliphatic carbocycles. The van der Waals surface area contributed by atoms with Crippen molar-refractivity contribution in [2.24, 2.45) is 5.92 Å². The summed E-state index contributed by atoms with van der Waals surface area (Å²) in [6.45, 7) is 3.07. The minimum Gasteiger partial charge on any atom is -0.511 e. The van der Waals surface area contributed by atoms with E-state index in [1.54, 1.807) is 0 Å². The van der Waals surface area contributed by atoms with E-state index in [1.165, 1.54) is 5.56 Å². The van der Waals surface area contributed by atoms with Gasteiger partial charge in [-0.3, -0.25) is 4.79 Å². The zero-order valence-corrected chi connectivity index (χ0v) is 14.9. The van der Waals surface area contributed by atoms with Crippen LogP contribution in [-0.2, 0) is 17.9 Å². The number of hydrogen-bond acceptors (Lipinski definition) is 3. The number of benzene rings is 2. The fourth-order valence-electron chi connectivity index (χ4n) is 3.13. The van der Waals surface area contributed by atoms with Crippen molar-refractivity contribution in [1.29, 1.82) is 0 Å². The third-order valence-electron chi connectivity index (χ3n) is 4.48. The van der Waals surface area contributed by atoms with Gasteiger partial charge in [-0.15, -0.1) is 0 Å². The highest BCUT2D eigenvalue weighted by molar-refractivity contribution is 5.95. The monoisotopic (exact) mass is 348 g/mol. The van der Waals surface area contributed by atoms with Crippen LogP contribution >= 0.6 is 0 Å². The first-order valence-corrected chi connectivity index (χ1v) is 8.86. The van der Waals surface area contributed by atoms with E-state index < -0.39 is 0 Å². The van der Waals surface area contributed by atoms with Crippen LogP contribution in [0.2, 0.25) is 0 Å². The van der Waals surface area contributed by atoms with E-state index in [2.05, 4.69) is 22.8 Å². The molecule has 4 heteroatoms. The molecule has 3 rings (SSSR count). The zero-order valence-electron chi connectivity index (χ0n) is 14.9. The van der Waals surface area contributed by atoms with Gasteiger partial charge in [0.25, 0.3) is 5.91 Å². The first-order chi connectivity index (χ1) is 12.6. The van der Waals surface area contributed by atoms with Gasteiger partial charge in [0.2, 0.25) is 0 Å². The minimum absolute atomic E-state index is 0.140. The number of aliphatic hydroxyl groups excluding tert-OH is 1. The normalized spacial score (nSPS) is 16.8. The van der Waals surface area contributed by atoms with Crippen LogP contribution in [0, 0.1) is 5.92 Å². The van der Waals surface area contributed by atoms with E-state index in [0.717, 1.165) is 11.3 Å². The number of aliphatic hydroxyl groups is 1. The number of nitrogens with one attached hydrogen (secondary N) is 2. The van der Waals surface area contributed by atoms with Gasteiger partial charge in [-0.1, -0.05) is 73.7 Å². The number of carbonyl (C=O) groups excluding carboxylic acids is 1. The number of rotatable bonds is 6. The average molecular weight is 348 g/mol. The van der Waals surface area contributed by atoms with Crippen molar-refractivity contribution in [3.8, 4) is 0 Å². The van der Waals surface area contributed by atoms with Crippen molar-refractivity contribution >= 4 is 5.91 Å². The Hall–Kier alpha value is -3.01. The fourth-order valence-corrected chi connectivity index (χ4v) is 3.13. The zero-order chi connectivity index (χ0) is 18.4. The van der Waals surface area contributed by atoms with Gasteiger partial charge in [0.1, 0.15) is 5.76 Å². The Labute approximate surface area is 154 Å². The Morgan fingerprint density at radius 3 is 2.15 bits per heavy atom. The molecule has 2 aromatic carbocycles. The highest BCUT2D eigenvalue weighted by atomic mass is 16.3. The maximum atomic E-state index is 12.5. The molecular formula is C22H24N2O2. The van der Waals surface area contributed by atoms with Crippen LogP contribution < -0.4 is 10.6 Å². The molecular weight excluding hydrogens is 324 g/mol. The number of carbonyl (C=O) groups is 1. The number of hydrogen-bond donors (Lipinski definition) is 3. The topological polar surface area (TPSA) is 61.4 Å². The van der Waals surface area contributed by atoms with Crippen LogP contribution in [0.15, 0.2) is 83.8 Å². The summed E-state index contributed by atoms with van der Waals surface area (Å²) >= 11 is 0. The summed E-state index contributed by atoms with van der Waals surface area (Å²) in [5.41, 5.74) is 3.60. The van der Waals surface area contributed by atoms with E-state index in [9.17, 15) is 9.90 Å². The molecule has 1 aliphatic rings. The average Bonchev–Trinajstić information content (AvgIpc) is 2.66. The second kappa shape index (κ2) is 8.39. The molecule has 0 aromatic heterocycles. The van der Waals surface area contributed by atoms with Gasteiger partial charge in [0.05, 0.1) is 5.57 Å². The van der Waals surface area contributed by atoms with Gasteiger partial charge in [-0.05, 0) is 11.1 Å². The molecule has 1 amide bonds. The molecule has 0 bridgehead atoms. The smallest absolute Gasteiger partial charge is 0.251 e. The van der Waals surface area contributed by atoms with Crippen LogP contribution in [0.1, 0.15) is 24.5 Å². The Bertz CT molecular complexity index is 811. The van der Waals surface area contributed by atoms with E-state index in [1.807, 2.05) is 61.5 Å². The molecule has 134 valence electrons. The van der Waals surface area contributed by atoms with Crippen molar-refractivity contribution in [3.63, 3.8) is 0 Å². The summed E-state index contributed by atoms with van der Waals surface area (Å²) in [5, 5.41) is 16.7. The van der Waals surface area contributed by atoms with Crippen molar-refractivity contribution < 1.29 is 9.90 Å². The third-order valence-corrected chi connectivity index (χ3v) is 4.48. The number of allylic oxidation sites excluding steroid dienone is 1. The highest BCUT2D eigenvalue weighted by Gasteiger charge is 2.25. The Balaban J connectivity index is 1.58. The molecule has 3 N–H and O–H groups in total. The lowest BCUT2D eigenvalue weighted by molar-refractivity contribution is -0.118. The maximum absolute atomic E-state index is 12.5. The van der Waals surface area contributed by atoms with Crippen molar-refractivity contribution in [2.45, 2.75) is 26.4 Å². The largest absolute Gasteiger partial charge is 0.511 e. The summed E-state index contributed by atoms with van der Waals surface area (Å²) in [6.07, 6.45) is 2.37. The summed E-state index contributed by atoms with van der Waals surface area (Å²) in [5.74, 6) is -0.212. The van der Waals surface area contributed by atoms with Crippen molar-refractivity contribution in [3.05, 3.63) is 94.9 Å². The fraction of sp³-hybridized carbons (Fsp3) is 0.227. The second-order valence-corrected chi connectivity index (χ2v) is 6.53. The summed E-state index contributed by atoms with van der Waals surface area (Å²) in [7, 11) is 0. The molecule has 0 aliphatic heterocycles.